The molecule has 0 aliphatic heterocycles. The van der Waals surface area contributed by atoms with E-state index in [-0.39, 0.29) is 12.2 Å². The third-order valence-corrected chi connectivity index (χ3v) is 7.03. The van der Waals surface area contributed by atoms with Crippen molar-refractivity contribution in [2.45, 2.75) is 96.5 Å². The molecule has 3 heteroatoms. The minimum atomic E-state index is -3.25. The van der Waals surface area contributed by atoms with E-state index in [0.717, 1.165) is 17.9 Å². The van der Waals surface area contributed by atoms with Crippen molar-refractivity contribution in [1.82, 2.24) is 0 Å². The van der Waals surface area contributed by atoms with Crippen LogP contribution in [0.4, 0.5) is 8.78 Å². The SMILES string of the molecule is CCCCCc1ccc(CCOC(F)(F)c2ccc([C@H]3CC[C@H](CCC)CC3)cc2)cc1. The molecule has 2 aromatic carbocycles. The minimum absolute atomic E-state index is 0.00533. The highest BCUT2D eigenvalue weighted by atomic mass is 19.3. The van der Waals surface area contributed by atoms with E-state index in [1.54, 1.807) is 12.1 Å². The molecule has 0 spiro atoms. The Balaban J connectivity index is 1.46. The predicted octanol–water partition coefficient (Wildman–Crippen LogP) is 8.80. The van der Waals surface area contributed by atoms with Crippen LogP contribution in [0.5, 0.6) is 0 Å². The molecule has 3 rings (SSSR count). The molecule has 1 aliphatic rings. The van der Waals surface area contributed by atoms with Crippen molar-refractivity contribution in [2.75, 3.05) is 6.61 Å². The third-order valence-electron chi connectivity index (χ3n) is 7.03. The lowest BCUT2D eigenvalue weighted by Gasteiger charge is -2.29. The molecule has 1 fully saturated rings. The number of unbranched alkanes of at least 4 members (excludes halogenated alkanes) is 2. The smallest absolute Gasteiger partial charge is 0.316 e. The second-order valence-electron chi connectivity index (χ2n) is 9.52. The zero-order valence-corrected chi connectivity index (χ0v) is 19.9. The van der Waals surface area contributed by atoms with Gasteiger partial charge in [-0.05, 0) is 73.5 Å². The molecule has 176 valence electrons. The first kappa shape index (κ1) is 24.9. The van der Waals surface area contributed by atoms with Crippen LogP contribution >= 0.6 is 0 Å². The molecule has 0 bridgehead atoms. The molecule has 2 aromatic rings. The first-order valence-electron chi connectivity index (χ1n) is 12.7. The maximum atomic E-state index is 14.6. The van der Waals surface area contributed by atoms with Crippen molar-refractivity contribution in [3.8, 4) is 0 Å². The van der Waals surface area contributed by atoms with Crippen LogP contribution < -0.4 is 0 Å². The van der Waals surface area contributed by atoms with Crippen LogP contribution in [0.15, 0.2) is 48.5 Å². The number of alkyl halides is 2. The largest absolute Gasteiger partial charge is 0.383 e. The molecule has 0 N–H and O–H groups in total. The van der Waals surface area contributed by atoms with Gasteiger partial charge in [0, 0.05) is 0 Å². The van der Waals surface area contributed by atoms with E-state index in [1.807, 2.05) is 24.3 Å². The van der Waals surface area contributed by atoms with Gasteiger partial charge < -0.3 is 4.74 Å². The first-order chi connectivity index (χ1) is 15.5. The van der Waals surface area contributed by atoms with Crippen LogP contribution in [0.1, 0.15) is 99.8 Å². The number of hydrogen-bond donors (Lipinski definition) is 0. The number of ether oxygens (including phenoxy) is 1. The molecule has 0 saturated heterocycles. The molecule has 0 heterocycles. The Kier molecular flexibility index (Phi) is 9.71. The summed E-state index contributed by atoms with van der Waals surface area (Å²) in [5.41, 5.74) is 3.49. The lowest BCUT2D eigenvalue weighted by atomic mass is 9.77. The molecule has 1 nitrogen and oxygen atoms in total. The standard InChI is InChI=1S/C29H40F2O/c1-3-5-6-8-24-9-11-25(12-10-24)21-22-32-29(30,31)28-19-17-27(18-20-28)26-15-13-23(7-4-2)14-16-26/h9-12,17-20,23,26H,3-8,13-16,21-22H2,1-2H3/t23-,26-. The van der Waals surface area contributed by atoms with Gasteiger partial charge in [0.05, 0.1) is 12.2 Å². The van der Waals surface area contributed by atoms with Gasteiger partial charge in [0.2, 0.25) is 0 Å². The average Bonchev–Trinajstić information content (AvgIpc) is 2.81. The van der Waals surface area contributed by atoms with Crippen molar-refractivity contribution in [3.05, 3.63) is 70.8 Å². The van der Waals surface area contributed by atoms with Gasteiger partial charge in [0.1, 0.15) is 0 Å². The molecule has 1 aliphatic carbocycles. The molecule has 0 aromatic heterocycles. The Labute approximate surface area is 193 Å². The van der Waals surface area contributed by atoms with Crippen molar-refractivity contribution >= 4 is 0 Å². The Morgan fingerprint density at radius 2 is 1.41 bits per heavy atom. The number of benzene rings is 2. The summed E-state index contributed by atoms with van der Waals surface area (Å²) in [6, 6.07) is 15.2. The van der Waals surface area contributed by atoms with Crippen molar-refractivity contribution in [3.63, 3.8) is 0 Å². The lowest BCUT2D eigenvalue weighted by molar-refractivity contribution is -0.248. The second kappa shape index (κ2) is 12.5. The van der Waals surface area contributed by atoms with E-state index < -0.39 is 6.11 Å². The summed E-state index contributed by atoms with van der Waals surface area (Å²) in [7, 11) is 0. The molecule has 0 unspecified atom stereocenters. The Hall–Kier alpha value is -1.74. The summed E-state index contributed by atoms with van der Waals surface area (Å²) in [4.78, 5) is 0. The Bertz CT molecular complexity index is 774. The van der Waals surface area contributed by atoms with Crippen molar-refractivity contribution in [1.29, 1.82) is 0 Å². The highest BCUT2D eigenvalue weighted by Crippen LogP contribution is 2.38. The predicted molar refractivity (Wildman–Crippen MR) is 129 cm³/mol. The average molecular weight is 443 g/mol. The van der Waals surface area contributed by atoms with Gasteiger partial charge in [0.15, 0.2) is 0 Å². The van der Waals surface area contributed by atoms with Crippen LogP contribution in [-0.4, -0.2) is 6.61 Å². The van der Waals surface area contributed by atoms with E-state index in [4.69, 9.17) is 4.74 Å². The molecule has 0 amide bonds. The zero-order valence-electron chi connectivity index (χ0n) is 19.9. The van der Waals surface area contributed by atoms with Crippen LogP contribution in [0.25, 0.3) is 0 Å². The zero-order chi connectivity index (χ0) is 22.8. The van der Waals surface area contributed by atoms with E-state index in [2.05, 4.69) is 26.0 Å². The maximum absolute atomic E-state index is 14.6. The topological polar surface area (TPSA) is 9.23 Å². The minimum Gasteiger partial charge on any atom is -0.316 e. The van der Waals surface area contributed by atoms with Crippen molar-refractivity contribution in [2.24, 2.45) is 5.92 Å². The summed E-state index contributed by atoms with van der Waals surface area (Å²) in [6.07, 6.45) is 9.42. The number of halogens is 2. The van der Waals surface area contributed by atoms with Gasteiger partial charge >= 0.3 is 6.11 Å². The van der Waals surface area contributed by atoms with Gasteiger partial charge in [-0.25, -0.2) is 0 Å². The van der Waals surface area contributed by atoms with Crippen LogP contribution in [0.3, 0.4) is 0 Å². The maximum Gasteiger partial charge on any atom is 0.383 e. The third kappa shape index (κ3) is 7.40. The quantitative estimate of drug-likeness (QED) is 0.298. The number of rotatable bonds is 12. The molecule has 1 saturated carbocycles. The summed E-state index contributed by atoms with van der Waals surface area (Å²) >= 11 is 0. The lowest BCUT2D eigenvalue weighted by Crippen LogP contribution is -2.20. The fourth-order valence-electron chi connectivity index (χ4n) is 4.97. The number of hydrogen-bond acceptors (Lipinski definition) is 1. The normalized spacial score (nSPS) is 19.2. The van der Waals surface area contributed by atoms with E-state index in [9.17, 15) is 8.78 Å². The molecule has 32 heavy (non-hydrogen) atoms. The summed E-state index contributed by atoms with van der Waals surface area (Å²) in [6.45, 7) is 4.45. The highest BCUT2D eigenvalue weighted by Gasteiger charge is 2.33. The van der Waals surface area contributed by atoms with Gasteiger partial charge in [-0.2, -0.15) is 8.78 Å². The van der Waals surface area contributed by atoms with Gasteiger partial charge in [-0.1, -0.05) is 88.1 Å². The second-order valence-corrected chi connectivity index (χ2v) is 9.52. The van der Waals surface area contributed by atoms with Gasteiger partial charge in [-0.15, -0.1) is 0 Å². The first-order valence-corrected chi connectivity index (χ1v) is 12.7. The molecule has 0 atom stereocenters. The van der Waals surface area contributed by atoms with E-state index in [1.165, 1.54) is 68.9 Å². The van der Waals surface area contributed by atoms with E-state index >= 15 is 0 Å². The summed E-state index contributed by atoms with van der Waals surface area (Å²) in [5, 5.41) is 0. The summed E-state index contributed by atoms with van der Waals surface area (Å²) in [5.74, 6) is 1.36. The highest BCUT2D eigenvalue weighted by molar-refractivity contribution is 5.28. The van der Waals surface area contributed by atoms with E-state index in [0.29, 0.717) is 12.3 Å². The van der Waals surface area contributed by atoms with Crippen molar-refractivity contribution < 1.29 is 13.5 Å². The molecular weight excluding hydrogens is 402 g/mol. The van der Waals surface area contributed by atoms with Crippen LogP contribution in [0.2, 0.25) is 0 Å². The summed E-state index contributed by atoms with van der Waals surface area (Å²) < 4.78 is 34.2. The molecule has 0 radical (unpaired) electrons. The monoisotopic (exact) mass is 442 g/mol. The fourth-order valence-corrected chi connectivity index (χ4v) is 4.97. The van der Waals surface area contributed by atoms with Crippen LogP contribution in [0, 0.1) is 5.92 Å². The van der Waals surface area contributed by atoms with Gasteiger partial charge in [-0.3, -0.25) is 0 Å². The fraction of sp³-hybridized carbons (Fsp3) is 0.586. The molecular formula is C29H40F2O. The Morgan fingerprint density at radius 1 is 0.781 bits per heavy atom. The van der Waals surface area contributed by atoms with Gasteiger partial charge in [0.25, 0.3) is 0 Å². The van der Waals surface area contributed by atoms with Crippen LogP contribution in [-0.2, 0) is 23.7 Å². The number of aryl methyl sites for hydroxylation is 1. The Morgan fingerprint density at radius 3 is 2.00 bits per heavy atom.